The minimum atomic E-state index is -0.109. The molecule has 0 saturated heterocycles. The molecule has 1 aliphatic rings. The van der Waals surface area contributed by atoms with E-state index in [0.29, 0.717) is 19.7 Å². The zero-order valence-corrected chi connectivity index (χ0v) is 11.2. The second kappa shape index (κ2) is 5.77. The Morgan fingerprint density at radius 1 is 1.40 bits per heavy atom. The molecule has 1 atom stereocenters. The van der Waals surface area contributed by atoms with E-state index in [0.717, 1.165) is 17.7 Å². The van der Waals surface area contributed by atoms with Gasteiger partial charge in [-0.2, -0.15) is 5.10 Å². The number of amides is 1. The molecule has 2 heterocycles. The molecule has 2 aromatic rings. The summed E-state index contributed by atoms with van der Waals surface area (Å²) in [6.45, 7) is 1.71. The normalized spacial score (nSPS) is 17.1. The van der Waals surface area contributed by atoms with E-state index in [1.807, 2.05) is 36.5 Å². The highest BCUT2D eigenvalue weighted by Crippen LogP contribution is 2.26. The lowest BCUT2D eigenvalue weighted by molar-refractivity contribution is -0.126. The number of carbonyl (C=O) groups excluding carboxylic acids is 1. The molecular weight excluding hydrogens is 254 g/mol. The van der Waals surface area contributed by atoms with Crippen molar-refractivity contribution in [2.45, 2.75) is 13.0 Å². The SMILES string of the molecule is O=C(NCCn1cccn1)[C@@H]1COc2ccccc2C1. The second-order valence-electron chi connectivity index (χ2n) is 4.88. The lowest BCUT2D eigenvalue weighted by atomic mass is 9.96. The summed E-state index contributed by atoms with van der Waals surface area (Å²) in [4.78, 5) is 12.1. The fourth-order valence-corrected chi connectivity index (χ4v) is 2.37. The third kappa shape index (κ3) is 2.82. The topological polar surface area (TPSA) is 56.2 Å². The molecule has 1 amide bonds. The van der Waals surface area contributed by atoms with Crippen LogP contribution < -0.4 is 10.1 Å². The summed E-state index contributed by atoms with van der Waals surface area (Å²) < 4.78 is 7.43. The average Bonchev–Trinajstić information content (AvgIpc) is 3.00. The number of fused-ring (bicyclic) bond motifs is 1. The zero-order chi connectivity index (χ0) is 13.8. The second-order valence-corrected chi connectivity index (χ2v) is 4.88. The van der Waals surface area contributed by atoms with Crippen LogP contribution in [0.3, 0.4) is 0 Å². The van der Waals surface area contributed by atoms with Gasteiger partial charge in [-0.15, -0.1) is 0 Å². The summed E-state index contributed by atoms with van der Waals surface area (Å²) in [7, 11) is 0. The van der Waals surface area contributed by atoms with Gasteiger partial charge in [0.1, 0.15) is 12.4 Å². The van der Waals surface area contributed by atoms with Gasteiger partial charge in [0.25, 0.3) is 0 Å². The van der Waals surface area contributed by atoms with Crippen LogP contribution in [0, 0.1) is 5.92 Å². The Kier molecular flexibility index (Phi) is 3.67. The van der Waals surface area contributed by atoms with Gasteiger partial charge in [-0.1, -0.05) is 18.2 Å². The molecule has 1 aromatic heterocycles. The number of carbonyl (C=O) groups is 1. The number of benzene rings is 1. The van der Waals surface area contributed by atoms with Gasteiger partial charge in [-0.3, -0.25) is 9.48 Å². The highest BCUT2D eigenvalue weighted by atomic mass is 16.5. The Labute approximate surface area is 117 Å². The first-order valence-corrected chi connectivity index (χ1v) is 6.79. The maximum atomic E-state index is 12.1. The van der Waals surface area contributed by atoms with Crippen LogP contribution in [0.4, 0.5) is 0 Å². The summed E-state index contributed by atoms with van der Waals surface area (Å²) in [5.41, 5.74) is 1.10. The number of ether oxygens (including phenoxy) is 1. The van der Waals surface area contributed by atoms with E-state index in [1.54, 1.807) is 10.9 Å². The minimum Gasteiger partial charge on any atom is -0.492 e. The molecule has 5 heteroatoms. The zero-order valence-electron chi connectivity index (χ0n) is 11.2. The Hall–Kier alpha value is -2.30. The Morgan fingerprint density at radius 3 is 3.15 bits per heavy atom. The van der Waals surface area contributed by atoms with E-state index in [-0.39, 0.29) is 11.8 Å². The monoisotopic (exact) mass is 271 g/mol. The van der Waals surface area contributed by atoms with Crippen LogP contribution in [0.5, 0.6) is 5.75 Å². The summed E-state index contributed by atoms with van der Waals surface area (Å²) in [6.07, 6.45) is 4.35. The first-order chi connectivity index (χ1) is 9.83. The quantitative estimate of drug-likeness (QED) is 0.910. The first kappa shape index (κ1) is 12.7. The highest BCUT2D eigenvalue weighted by molar-refractivity contribution is 5.79. The van der Waals surface area contributed by atoms with Crippen molar-refractivity contribution >= 4 is 5.91 Å². The van der Waals surface area contributed by atoms with Crippen molar-refractivity contribution in [1.29, 1.82) is 0 Å². The van der Waals surface area contributed by atoms with Crippen LogP contribution in [-0.2, 0) is 17.8 Å². The third-order valence-corrected chi connectivity index (χ3v) is 3.45. The molecule has 0 unspecified atom stereocenters. The van der Waals surface area contributed by atoms with Crippen LogP contribution in [-0.4, -0.2) is 28.8 Å². The molecule has 1 aromatic carbocycles. The Balaban J connectivity index is 1.51. The van der Waals surface area contributed by atoms with Crippen LogP contribution in [0.2, 0.25) is 0 Å². The molecular formula is C15H17N3O2. The minimum absolute atomic E-state index is 0.0478. The van der Waals surface area contributed by atoms with E-state index in [1.165, 1.54) is 0 Å². The molecule has 0 saturated carbocycles. The van der Waals surface area contributed by atoms with Gasteiger partial charge in [-0.05, 0) is 24.1 Å². The maximum absolute atomic E-state index is 12.1. The van der Waals surface area contributed by atoms with Crippen LogP contribution in [0.15, 0.2) is 42.7 Å². The van der Waals surface area contributed by atoms with Gasteiger partial charge in [0, 0.05) is 18.9 Å². The van der Waals surface area contributed by atoms with Crippen molar-refractivity contribution in [3.63, 3.8) is 0 Å². The smallest absolute Gasteiger partial charge is 0.226 e. The molecule has 1 N–H and O–H groups in total. The molecule has 0 aliphatic carbocycles. The number of aromatic nitrogens is 2. The fraction of sp³-hybridized carbons (Fsp3) is 0.333. The van der Waals surface area contributed by atoms with Gasteiger partial charge in [0.2, 0.25) is 5.91 Å². The molecule has 3 rings (SSSR count). The molecule has 0 radical (unpaired) electrons. The van der Waals surface area contributed by atoms with Crippen LogP contribution in [0.25, 0.3) is 0 Å². The predicted molar refractivity (Wildman–Crippen MR) is 74.4 cm³/mol. The number of rotatable bonds is 4. The van der Waals surface area contributed by atoms with Crippen molar-refractivity contribution < 1.29 is 9.53 Å². The van der Waals surface area contributed by atoms with E-state index in [2.05, 4.69) is 10.4 Å². The van der Waals surface area contributed by atoms with Crippen LogP contribution >= 0.6 is 0 Å². The Morgan fingerprint density at radius 2 is 2.30 bits per heavy atom. The summed E-state index contributed by atoms with van der Waals surface area (Å²) in [5, 5.41) is 7.04. The molecule has 5 nitrogen and oxygen atoms in total. The molecule has 0 fully saturated rings. The largest absolute Gasteiger partial charge is 0.492 e. The average molecular weight is 271 g/mol. The van der Waals surface area contributed by atoms with Gasteiger partial charge in [0.05, 0.1) is 12.5 Å². The lowest BCUT2D eigenvalue weighted by Gasteiger charge is -2.24. The van der Waals surface area contributed by atoms with Gasteiger partial charge in [-0.25, -0.2) is 0 Å². The molecule has 1 aliphatic heterocycles. The molecule has 0 bridgehead atoms. The third-order valence-electron chi connectivity index (χ3n) is 3.45. The Bertz CT molecular complexity index is 581. The molecule has 20 heavy (non-hydrogen) atoms. The summed E-state index contributed by atoms with van der Waals surface area (Å²) in [6, 6.07) is 9.75. The van der Waals surface area contributed by atoms with E-state index in [4.69, 9.17) is 4.74 Å². The van der Waals surface area contributed by atoms with E-state index >= 15 is 0 Å². The number of hydrogen-bond donors (Lipinski definition) is 1. The highest BCUT2D eigenvalue weighted by Gasteiger charge is 2.25. The lowest BCUT2D eigenvalue weighted by Crippen LogP contribution is -2.38. The number of nitrogens with one attached hydrogen (secondary N) is 1. The van der Waals surface area contributed by atoms with Crippen molar-refractivity contribution in [3.8, 4) is 5.75 Å². The van der Waals surface area contributed by atoms with Crippen molar-refractivity contribution in [2.75, 3.05) is 13.2 Å². The number of hydrogen-bond acceptors (Lipinski definition) is 3. The first-order valence-electron chi connectivity index (χ1n) is 6.79. The summed E-state index contributed by atoms with van der Waals surface area (Å²) in [5.74, 6) is 0.835. The maximum Gasteiger partial charge on any atom is 0.226 e. The molecule has 104 valence electrons. The van der Waals surface area contributed by atoms with Gasteiger partial charge < -0.3 is 10.1 Å². The van der Waals surface area contributed by atoms with Gasteiger partial charge in [0.15, 0.2) is 0 Å². The summed E-state index contributed by atoms with van der Waals surface area (Å²) >= 11 is 0. The van der Waals surface area contributed by atoms with Crippen molar-refractivity contribution in [3.05, 3.63) is 48.3 Å². The van der Waals surface area contributed by atoms with Gasteiger partial charge >= 0.3 is 0 Å². The van der Waals surface area contributed by atoms with Crippen molar-refractivity contribution in [2.24, 2.45) is 5.92 Å². The number of para-hydroxylation sites is 1. The number of nitrogens with zero attached hydrogens (tertiary/aromatic N) is 2. The van der Waals surface area contributed by atoms with Crippen LogP contribution in [0.1, 0.15) is 5.56 Å². The molecule has 0 spiro atoms. The van der Waals surface area contributed by atoms with E-state index < -0.39 is 0 Å². The van der Waals surface area contributed by atoms with Crippen molar-refractivity contribution in [1.82, 2.24) is 15.1 Å². The standard InChI is InChI=1S/C15H17N3O2/c19-15(16-7-9-18-8-3-6-17-18)13-10-12-4-1-2-5-14(12)20-11-13/h1-6,8,13H,7,9-11H2,(H,16,19)/t13-/m0/s1. The van der Waals surface area contributed by atoms with E-state index in [9.17, 15) is 4.79 Å². The fourth-order valence-electron chi connectivity index (χ4n) is 2.37. The predicted octanol–water partition coefficient (Wildman–Crippen LogP) is 1.25.